The number of amides is 1. The zero-order valence-corrected chi connectivity index (χ0v) is 13.0. The molecule has 2 aromatic carbocycles. The van der Waals surface area contributed by atoms with E-state index in [0.717, 1.165) is 16.6 Å². The van der Waals surface area contributed by atoms with Crippen LogP contribution in [0, 0.1) is 0 Å². The summed E-state index contributed by atoms with van der Waals surface area (Å²) in [6, 6.07) is 14.4. The SMILES string of the molecule is O=C(NC(=S)Nc1cccc2[nH]ccc12)c1cccc(Cl)c1. The number of thiocarbonyl (C=S) groups is 1. The summed E-state index contributed by atoms with van der Waals surface area (Å²) in [5.41, 5.74) is 2.28. The van der Waals surface area contributed by atoms with Gasteiger partial charge >= 0.3 is 0 Å². The van der Waals surface area contributed by atoms with E-state index in [1.54, 1.807) is 24.3 Å². The Hall–Kier alpha value is -2.37. The standard InChI is InChI=1S/C16H12ClN3OS/c17-11-4-1-3-10(9-11)15(21)20-16(22)19-14-6-2-5-13-12(14)7-8-18-13/h1-9,18H,(H2,19,20,21,22). The van der Waals surface area contributed by atoms with Crippen molar-refractivity contribution in [3.05, 3.63) is 65.3 Å². The monoisotopic (exact) mass is 329 g/mol. The lowest BCUT2D eigenvalue weighted by Gasteiger charge is -2.10. The van der Waals surface area contributed by atoms with Crippen LogP contribution in [0.2, 0.25) is 5.02 Å². The van der Waals surface area contributed by atoms with E-state index in [4.69, 9.17) is 23.8 Å². The van der Waals surface area contributed by atoms with Crippen molar-refractivity contribution in [2.45, 2.75) is 0 Å². The molecule has 6 heteroatoms. The van der Waals surface area contributed by atoms with E-state index in [9.17, 15) is 4.79 Å². The van der Waals surface area contributed by atoms with Crippen LogP contribution >= 0.6 is 23.8 Å². The van der Waals surface area contributed by atoms with Gasteiger partial charge in [0.05, 0.1) is 0 Å². The van der Waals surface area contributed by atoms with Crippen molar-refractivity contribution in [3.8, 4) is 0 Å². The summed E-state index contributed by atoms with van der Waals surface area (Å²) in [6.45, 7) is 0. The van der Waals surface area contributed by atoms with Crippen molar-refractivity contribution < 1.29 is 4.79 Å². The fourth-order valence-corrected chi connectivity index (χ4v) is 2.55. The number of aromatic nitrogens is 1. The lowest BCUT2D eigenvalue weighted by molar-refractivity contribution is 0.0977. The Morgan fingerprint density at radius 3 is 2.77 bits per heavy atom. The minimum absolute atomic E-state index is 0.235. The van der Waals surface area contributed by atoms with Gasteiger partial charge in [-0.2, -0.15) is 0 Å². The molecule has 0 atom stereocenters. The molecule has 0 saturated carbocycles. The van der Waals surface area contributed by atoms with Crippen molar-refractivity contribution in [2.24, 2.45) is 0 Å². The molecule has 110 valence electrons. The van der Waals surface area contributed by atoms with Gasteiger partial charge in [-0.3, -0.25) is 10.1 Å². The van der Waals surface area contributed by atoms with Crippen LogP contribution in [-0.2, 0) is 0 Å². The Labute approximate surface area is 137 Å². The van der Waals surface area contributed by atoms with Gasteiger partial charge in [-0.05, 0) is 48.6 Å². The molecule has 4 nitrogen and oxygen atoms in total. The maximum atomic E-state index is 12.1. The fourth-order valence-electron chi connectivity index (χ4n) is 2.15. The number of H-pyrrole nitrogens is 1. The number of hydrogen-bond acceptors (Lipinski definition) is 2. The van der Waals surface area contributed by atoms with Gasteiger partial charge < -0.3 is 10.3 Å². The number of nitrogens with one attached hydrogen (secondary N) is 3. The number of fused-ring (bicyclic) bond motifs is 1. The Kier molecular flexibility index (Phi) is 4.09. The van der Waals surface area contributed by atoms with Crippen LogP contribution in [0.25, 0.3) is 10.9 Å². The topological polar surface area (TPSA) is 56.9 Å². The number of carbonyl (C=O) groups is 1. The van der Waals surface area contributed by atoms with E-state index in [1.165, 1.54) is 0 Å². The number of halogens is 1. The third-order valence-electron chi connectivity index (χ3n) is 3.16. The largest absolute Gasteiger partial charge is 0.361 e. The van der Waals surface area contributed by atoms with E-state index in [1.807, 2.05) is 30.5 Å². The second kappa shape index (κ2) is 6.17. The Morgan fingerprint density at radius 1 is 1.14 bits per heavy atom. The molecule has 3 rings (SSSR count). The van der Waals surface area contributed by atoms with E-state index in [0.29, 0.717) is 10.6 Å². The molecule has 0 unspecified atom stereocenters. The summed E-state index contributed by atoms with van der Waals surface area (Å²) >= 11 is 11.1. The first kappa shape index (κ1) is 14.6. The Balaban J connectivity index is 1.73. The highest BCUT2D eigenvalue weighted by atomic mass is 35.5. The molecule has 3 N–H and O–H groups in total. The zero-order valence-electron chi connectivity index (χ0n) is 11.4. The molecule has 0 bridgehead atoms. The molecular formula is C16H12ClN3OS. The minimum atomic E-state index is -0.304. The summed E-state index contributed by atoms with van der Waals surface area (Å²) in [7, 11) is 0. The van der Waals surface area contributed by atoms with E-state index in [2.05, 4.69) is 15.6 Å². The van der Waals surface area contributed by atoms with E-state index >= 15 is 0 Å². The second-order valence-corrected chi connectivity index (χ2v) is 5.51. The van der Waals surface area contributed by atoms with Crippen molar-refractivity contribution in [2.75, 3.05) is 5.32 Å². The molecule has 0 saturated heterocycles. The molecule has 22 heavy (non-hydrogen) atoms. The molecule has 0 spiro atoms. The highest BCUT2D eigenvalue weighted by Gasteiger charge is 2.09. The maximum absolute atomic E-state index is 12.1. The van der Waals surface area contributed by atoms with Gasteiger partial charge in [0.2, 0.25) is 0 Å². The molecule has 1 aromatic heterocycles. The number of anilines is 1. The van der Waals surface area contributed by atoms with Crippen molar-refractivity contribution >= 4 is 51.4 Å². The molecule has 0 aliphatic rings. The highest BCUT2D eigenvalue weighted by molar-refractivity contribution is 7.80. The normalized spacial score (nSPS) is 10.4. The lowest BCUT2D eigenvalue weighted by atomic mass is 10.2. The summed E-state index contributed by atoms with van der Waals surface area (Å²) in [5.74, 6) is -0.304. The average molecular weight is 330 g/mol. The van der Waals surface area contributed by atoms with Gasteiger partial charge in [-0.1, -0.05) is 23.7 Å². The quantitative estimate of drug-likeness (QED) is 0.624. The highest BCUT2D eigenvalue weighted by Crippen LogP contribution is 2.22. The number of aromatic amines is 1. The molecule has 1 amide bonds. The number of benzene rings is 2. The number of hydrogen-bond donors (Lipinski definition) is 3. The van der Waals surface area contributed by atoms with Crippen LogP contribution in [0.4, 0.5) is 5.69 Å². The van der Waals surface area contributed by atoms with Gasteiger partial charge in [-0.15, -0.1) is 0 Å². The van der Waals surface area contributed by atoms with Gasteiger partial charge in [0, 0.05) is 33.4 Å². The molecular weight excluding hydrogens is 318 g/mol. The molecule has 0 aliphatic heterocycles. The first-order valence-corrected chi connectivity index (χ1v) is 7.36. The molecule has 1 heterocycles. The second-order valence-electron chi connectivity index (χ2n) is 4.66. The summed E-state index contributed by atoms with van der Waals surface area (Å²) in [6.07, 6.45) is 1.85. The van der Waals surface area contributed by atoms with Gasteiger partial charge in [0.25, 0.3) is 5.91 Å². The van der Waals surface area contributed by atoms with Crippen molar-refractivity contribution in [1.29, 1.82) is 0 Å². The average Bonchev–Trinajstić information content (AvgIpc) is 2.96. The number of rotatable bonds is 2. The fraction of sp³-hybridized carbons (Fsp3) is 0. The van der Waals surface area contributed by atoms with Crippen LogP contribution in [0.3, 0.4) is 0 Å². The minimum Gasteiger partial charge on any atom is -0.361 e. The summed E-state index contributed by atoms with van der Waals surface area (Å²) in [4.78, 5) is 15.2. The van der Waals surface area contributed by atoms with Crippen molar-refractivity contribution in [1.82, 2.24) is 10.3 Å². The number of carbonyl (C=O) groups excluding carboxylic acids is 1. The van der Waals surface area contributed by atoms with Crippen LogP contribution in [0.5, 0.6) is 0 Å². The van der Waals surface area contributed by atoms with Gasteiger partial charge in [0.15, 0.2) is 5.11 Å². The van der Waals surface area contributed by atoms with Crippen LogP contribution in [0.1, 0.15) is 10.4 Å². The third-order valence-corrected chi connectivity index (χ3v) is 3.60. The first-order chi connectivity index (χ1) is 10.6. The van der Waals surface area contributed by atoms with Crippen molar-refractivity contribution in [3.63, 3.8) is 0 Å². The van der Waals surface area contributed by atoms with E-state index in [-0.39, 0.29) is 11.0 Å². The predicted octanol–water partition coefficient (Wildman–Crippen LogP) is 3.95. The van der Waals surface area contributed by atoms with Gasteiger partial charge in [-0.25, -0.2) is 0 Å². The maximum Gasteiger partial charge on any atom is 0.257 e. The third kappa shape index (κ3) is 3.10. The molecule has 3 aromatic rings. The molecule has 0 fully saturated rings. The molecule has 0 radical (unpaired) electrons. The first-order valence-electron chi connectivity index (χ1n) is 6.57. The Bertz CT molecular complexity index is 859. The molecule has 0 aliphatic carbocycles. The Morgan fingerprint density at radius 2 is 1.95 bits per heavy atom. The van der Waals surface area contributed by atoms with Crippen LogP contribution in [0.15, 0.2) is 54.7 Å². The summed E-state index contributed by atoms with van der Waals surface area (Å²) < 4.78 is 0. The van der Waals surface area contributed by atoms with Crippen LogP contribution < -0.4 is 10.6 Å². The van der Waals surface area contributed by atoms with Crippen LogP contribution in [-0.4, -0.2) is 16.0 Å². The van der Waals surface area contributed by atoms with Gasteiger partial charge in [0.1, 0.15) is 0 Å². The smallest absolute Gasteiger partial charge is 0.257 e. The zero-order chi connectivity index (χ0) is 15.5. The lowest BCUT2D eigenvalue weighted by Crippen LogP contribution is -2.34. The summed E-state index contributed by atoms with van der Waals surface area (Å²) in [5, 5.41) is 7.41. The van der Waals surface area contributed by atoms with E-state index < -0.39 is 0 Å². The predicted molar refractivity (Wildman–Crippen MR) is 93.4 cm³/mol.